The Kier molecular flexibility index (Phi) is 92.4. The third kappa shape index (κ3) is 84.4. The van der Waals surface area contributed by atoms with Gasteiger partial charge in [-0.05, 0) is 154 Å². The van der Waals surface area contributed by atoms with Crippen molar-refractivity contribution in [1.82, 2.24) is 9.80 Å². The summed E-state index contributed by atoms with van der Waals surface area (Å²) < 4.78 is 12.5. The molecule has 116 heavy (non-hydrogen) atoms. The Labute approximate surface area is 727 Å². The first-order valence-corrected chi connectivity index (χ1v) is 53.5. The number of esters is 2. The lowest BCUT2D eigenvalue weighted by Crippen LogP contribution is -2.41. The Morgan fingerprint density at radius 1 is 0.207 bits per heavy atom. The molecule has 0 radical (unpaired) electrons. The zero-order valence-electron chi connectivity index (χ0n) is 80.3. The van der Waals surface area contributed by atoms with Crippen LogP contribution in [0.1, 0.15) is 595 Å². The summed E-state index contributed by atoms with van der Waals surface area (Å²) in [5.74, 6) is 2.44. The van der Waals surface area contributed by atoms with Gasteiger partial charge in [0, 0.05) is 51.6 Å². The molecule has 0 aromatic rings. The second-order valence-electron chi connectivity index (χ2n) is 37.9. The fourth-order valence-electron chi connectivity index (χ4n) is 18.2. The number of carbonyl (C=O) groups is 4. The van der Waals surface area contributed by atoms with E-state index in [1.54, 1.807) is 0 Å². The van der Waals surface area contributed by atoms with E-state index < -0.39 is 6.10 Å². The maximum atomic E-state index is 13.4. The van der Waals surface area contributed by atoms with E-state index in [-0.39, 0.29) is 24.1 Å². The lowest BCUT2D eigenvalue weighted by molar-refractivity contribution is -0.151. The number of Topliss-reactive ketones (excluding diaryl/α,β-unsaturated/α-hetero) is 2. The fraction of sp³-hybridized carbons (Fsp3) is 0.963. The van der Waals surface area contributed by atoms with E-state index in [2.05, 4.69) is 65.2 Å². The normalized spacial score (nSPS) is 12.0. The van der Waals surface area contributed by atoms with Crippen LogP contribution in [-0.2, 0) is 28.7 Å². The van der Waals surface area contributed by atoms with E-state index in [9.17, 15) is 24.3 Å². The molecule has 0 fully saturated rings. The van der Waals surface area contributed by atoms with E-state index in [0.29, 0.717) is 49.3 Å². The van der Waals surface area contributed by atoms with Gasteiger partial charge < -0.3 is 24.4 Å². The monoisotopic (exact) mass is 1640 g/mol. The van der Waals surface area contributed by atoms with Crippen LogP contribution in [0.15, 0.2) is 0 Å². The molecule has 0 rings (SSSR count). The highest BCUT2D eigenvalue weighted by molar-refractivity contribution is 5.78. The summed E-state index contributed by atoms with van der Waals surface area (Å²) in [4.78, 5) is 58.7. The molecule has 0 spiro atoms. The lowest BCUT2D eigenvalue weighted by Gasteiger charge is -2.29. The molecule has 0 aliphatic rings. The summed E-state index contributed by atoms with van der Waals surface area (Å²) in [6.45, 7) is 23.7. The molecule has 1 N–H and O–H groups in total. The number of rotatable bonds is 100. The molecule has 0 saturated heterocycles. The van der Waals surface area contributed by atoms with Crippen LogP contribution in [0.4, 0.5) is 0 Å². The van der Waals surface area contributed by atoms with Gasteiger partial charge in [-0.1, -0.05) is 441 Å². The number of ether oxygens (including phenoxy) is 2. The quantitative estimate of drug-likeness (QED) is 0.0470. The van der Waals surface area contributed by atoms with Crippen molar-refractivity contribution in [3.05, 3.63) is 0 Å². The maximum absolute atomic E-state index is 13.4. The first-order chi connectivity index (χ1) is 57.0. The van der Waals surface area contributed by atoms with Crippen molar-refractivity contribution < 1.29 is 33.8 Å². The Bertz CT molecular complexity index is 1780. The van der Waals surface area contributed by atoms with Gasteiger partial charge in [0.15, 0.2) is 0 Å². The molecule has 0 saturated carbocycles. The maximum Gasteiger partial charge on any atom is 0.306 e. The predicted molar refractivity (Wildman–Crippen MR) is 509 cm³/mol. The van der Waals surface area contributed by atoms with Gasteiger partial charge in [-0.25, -0.2) is 0 Å². The second kappa shape index (κ2) is 93.8. The minimum absolute atomic E-state index is 0.0122. The van der Waals surface area contributed by atoms with E-state index in [0.717, 1.165) is 244 Å². The number of carbonyl (C=O) groups excluding carboxylic acids is 4. The number of aliphatic hydroxyl groups excluding tert-OH is 1. The Morgan fingerprint density at radius 2 is 0.388 bits per heavy atom. The molecule has 0 amide bonds. The van der Waals surface area contributed by atoms with Crippen LogP contribution < -0.4 is 0 Å². The molecular formula is C107H210N2O7. The summed E-state index contributed by atoms with van der Waals surface area (Å²) >= 11 is 0. The van der Waals surface area contributed by atoms with Gasteiger partial charge >= 0.3 is 11.9 Å². The van der Waals surface area contributed by atoms with Crippen LogP contribution in [-0.4, -0.2) is 96.0 Å². The minimum atomic E-state index is -0.437. The third-order valence-electron chi connectivity index (χ3n) is 26.1. The summed E-state index contributed by atoms with van der Waals surface area (Å²) in [5.41, 5.74) is 0. The van der Waals surface area contributed by atoms with Gasteiger partial charge in [-0.2, -0.15) is 0 Å². The van der Waals surface area contributed by atoms with Crippen molar-refractivity contribution in [2.75, 3.05) is 39.3 Å². The smallest absolute Gasteiger partial charge is 0.306 e. The standard InChI is InChI=1S/C107H210N2O7/c1-9-17-25-33-45-61-77-99(78-62-46-34-26-18-10-2)89-91-101(110)81-65-49-41-57-73-93-108(95-75-59-43-55-71-87-106(113)115-104(83-67-51-37-29-21-13-5)84-68-52-38-30-22-14-6)97-103(112)98-109(96-76-60-44-56-72-88-107(114)116-105(85-69-53-39-31-23-15-7)86-70-54-40-32-24-16-8)94-74-58-42-50-66-82-102(111)92-90-100(79-63-47-35-27-19-11-3)80-64-48-36-28-20-12-4/h99-100,103-105,112H,9-98H2,1-8H3. The van der Waals surface area contributed by atoms with E-state index in [1.807, 2.05) is 0 Å². The summed E-state index contributed by atoms with van der Waals surface area (Å²) in [6, 6.07) is 0. The van der Waals surface area contributed by atoms with Gasteiger partial charge in [0.05, 0.1) is 6.10 Å². The number of nitrogens with zero attached hydrogens (tertiary/aromatic N) is 2. The van der Waals surface area contributed by atoms with Crippen LogP contribution in [0.2, 0.25) is 0 Å². The van der Waals surface area contributed by atoms with Crippen molar-refractivity contribution in [3.63, 3.8) is 0 Å². The van der Waals surface area contributed by atoms with Gasteiger partial charge in [-0.3, -0.25) is 19.2 Å². The van der Waals surface area contributed by atoms with Crippen molar-refractivity contribution in [2.45, 2.75) is 613 Å². The zero-order valence-corrected chi connectivity index (χ0v) is 80.3. The number of ketones is 2. The molecule has 0 aliphatic carbocycles. The van der Waals surface area contributed by atoms with E-state index in [1.165, 1.54) is 308 Å². The Morgan fingerprint density at radius 3 is 0.612 bits per heavy atom. The van der Waals surface area contributed by atoms with Crippen molar-refractivity contribution in [1.29, 1.82) is 0 Å². The highest BCUT2D eigenvalue weighted by Gasteiger charge is 2.21. The predicted octanol–water partition coefficient (Wildman–Crippen LogP) is 34.1. The zero-order chi connectivity index (χ0) is 84.4. The van der Waals surface area contributed by atoms with Gasteiger partial charge in [0.25, 0.3) is 0 Å². The average molecular weight is 1640 g/mol. The fourth-order valence-corrected chi connectivity index (χ4v) is 18.2. The summed E-state index contributed by atoms with van der Waals surface area (Å²) in [6.07, 6.45) is 99.9. The van der Waals surface area contributed by atoms with Crippen LogP contribution in [0.5, 0.6) is 0 Å². The van der Waals surface area contributed by atoms with Crippen molar-refractivity contribution in [3.8, 4) is 0 Å². The Balaban J connectivity index is 6.13. The number of aliphatic hydroxyl groups is 1. The number of unbranched alkanes of at least 4 members (excludes halogenated alkanes) is 56. The van der Waals surface area contributed by atoms with Crippen LogP contribution in [0.3, 0.4) is 0 Å². The lowest BCUT2D eigenvalue weighted by atomic mass is 9.89. The highest BCUT2D eigenvalue weighted by atomic mass is 16.5. The largest absolute Gasteiger partial charge is 0.462 e. The summed E-state index contributed by atoms with van der Waals surface area (Å²) in [7, 11) is 0. The topological polar surface area (TPSA) is 113 Å². The van der Waals surface area contributed by atoms with Crippen molar-refractivity contribution in [2.24, 2.45) is 11.8 Å². The minimum Gasteiger partial charge on any atom is -0.462 e. The second-order valence-corrected chi connectivity index (χ2v) is 37.9. The Hall–Kier alpha value is -1.84. The molecule has 0 aromatic carbocycles. The molecule has 0 aliphatic heterocycles. The molecule has 9 nitrogen and oxygen atoms in total. The number of hydrogen-bond donors (Lipinski definition) is 1. The van der Waals surface area contributed by atoms with Crippen molar-refractivity contribution >= 4 is 23.5 Å². The summed E-state index contributed by atoms with van der Waals surface area (Å²) in [5, 5.41) is 12.2. The molecule has 0 heterocycles. The van der Waals surface area contributed by atoms with E-state index >= 15 is 0 Å². The van der Waals surface area contributed by atoms with Gasteiger partial charge in [-0.15, -0.1) is 0 Å². The third-order valence-corrected chi connectivity index (χ3v) is 26.1. The molecule has 0 aromatic heterocycles. The van der Waals surface area contributed by atoms with Gasteiger partial charge in [0.1, 0.15) is 23.8 Å². The first-order valence-electron chi connectivity index (χ1n) is 53.5. The molecule has 0 atom stereocenters. The molecule has 0 bridgehead atoms. The average Bonchev–Trinajstić information content (AvgIpc) is 0.848. The molecule has 9 heteroatoms. The molecule has 0 unspecified atom stereocenters. The molecular weight excluding hydrogens is 1430 g/mol. The van der Waals surface area contributed by atoms with E-state index in [4.69, 9.17) is 9.47 Å². The number of hydrogen-bond acceptors (Lipinski definition) is 9. The first kappa shape index (κ1) is 114. The van der Waals surface area contributed by atoms with Crippen LogP contribution in [0.25, 0.3) is 0 Å². The van der Waals surface area contributed by atoms with Gasteiger partial charge in [0.2, 0.25) is 0 Å². The molecule has 690 valence electrons. The van der Waals surface area contributed by atoms with Crippen LogP contribution in [0, 0.1) is 11.8 Å². The highest BCUT2D eigenvalue weighted by Crippen LogP contribution is 2.28. The SMILES string of the molecule is CCCCCCCCC(CCCCCCCC)CCC(=O)CCCCCCCN(CCCCCCCC(=O)OC(CCCCCCCC)CCCCCCCC)CC(O)CN(CCCCCCCC(=O)CCC(CCCCCCCC)CCCCCCCC)CCCCCCCC(=O)OC(CCCCCCCC)CCCCCCCC. The van der Waals surface area contributed by atoms with Crippen LogP contribution >= 0.6 is 0 Å².